The van der Waals surface area contributed by atoms with E-state index in [2.05, 4.69) is 72.7 Å². The van der Waals surface area contributed by atoms with Crippen LogP contribution >= 0.6 is 0 Å². The van der Waals surface area contributed by atoms with E-state index in [0.717, 1.165) is 16.7 Å². The Balaban J connectivity index is 1.75. The van der Waals surface area contributed by atoms with Gasteiger partial charge in [-0.2, -0.15) is 0 Å². The second-order valence-corrected chi connectivity index (χ2v) is 26.5. The summed E-state index contributed by atoms with van der Waals surface area (Å²) in [5.41, 5.74) is -1.13. The third-order valence-electron chi connectivity index (χ3n) is 11.4. The Bertz CT molecular complexity index is 1800. The molecular formula is C41H56N2O7Si2. The molecule has 9 nitrogen and oxygen atoms in total. The third kappa shape index (κ3) is 7.63. The van der Waals surface area contributed by atoms with Crippen molar-refractivity contribution in [2.75, 3.05) is 13.2 Å². The van der Waals surface area contributed by atoms with Gasteiger partial charge in [-0.3, -0.25) is 14.3 Å². The number of aromatic nitrogens is 2. The van der Waals surface area contributed by atoms with E-state index in [-0.39, 0.29) is 16.7 Å². The van der Waals surface area contributed by atoms with Crippen molar-refractivity contribution in [2.45, 2.75) is 107 Å². The molecule has 0 spiro atoms. The molecule has 1 aliphatic heterocycles. The van der Waals surface area contributed by atoms with Crippen LogP contribution in [0.15, 0.2) is 113 Å². The van der Waals surface area contributed by atoms with E-state index in [0.29, 0.717) is 0 Å². The molecule has 2 N–H and O–H groups in total. The van der Waals surface area contributed by atoms with Crippen LogP contribution in [0.4, 0.5) is 0 Å². The number of nitrogens with one attached hydrogen (secondary N) is 1. The van der Waals surface area contributed by atoms with Crippen LogP contribution < -0.4 is 11.2 Å². The monoisotopic (exact) mass is 744 g/mol. The van der Waals surface area contributed by atoms with Gasteiger partial charge in [0.05, 0.1) is 13.2 Å². The molecule has 280 valence electrons. The number of hydrogen-bond donors (Lipinski definition) is 2. The largest absolute Gasteiger partial charge is 0.408 e. The van der Waals surface area contributed by atoms with Crippen LogP contribution in [0.5, 0.6) is 0 Å². The highest BCUT2D eigenvalue weighted by molar-refractivity contribution is 6.74. The number of H-pyrrole nitrogens is 1. The first-order chi connectivity index (χ1) is 24.3. The lowest BCUT2D eigenvalue weighted by atomic mass is 9.80. The molecule has 4 aromatic rings. The van der Waals surface area contributed by atoms with E-state index in [1.54, 1.807) is 0 Å². The maximum absolute atomic E-state index is 13.5. The van der Waals surface area contributed by atoms with Gasteiger partial charge in [-0.05, 0) is 53.0 Å². The Morgan fingerprint density at radius 1 is 0.731 bits per heavy atom. The van der Waals surface area contributed by atoms with Crippen LogP contribution in [0, 0.1) is 0 Å². The van der Waals surface area contributed by atoms with Crippen LogP contribution in [-0.4, -0.2) is 62.3 Å². The van der Waals surface area contributed by atoms with Gasteiger partial charge < -0.3 is 23.4 Å². The average Bonchev–Trinajstić information content (AvgIpc) is 3.37. The van der Waals surface area contributed by atoms with Crippen molar-refractivity contribution < 1.29 is 23.4 Å². The second-order valence-electron chi connectivity index (χ2n) is 17.0. The molecule has 2 heterocycles. The van der Waals surface area contributed by atoms with Crippen molar-refractivity contribution in [3.63, 3.8) is 0 Å². The Labute approximate surface area is 310 Å². The van der Waals surface area contributed by atoms with Gasteiger partial charge in [0, 0.05) is 12.3 Å². The number of ether oxygens (including phenoxy) is 2. The normalized spacial score (nSPS) is 21.7. The minimum absolute atomic E-state index is 0.132. The summed E-state index contributed by atoms with van der Waals surface area (Å²) in [6.45, 7) is 20.9. The number of rotatable bonds is 12. The van der Waals surface area contributed by atoms with E-state index in [4.69, 9.17) is 18.3 Å². The van der Waals surface area contributed by atoms with E-state index in [1.807, 2.05) is 91.0 Å². The maximum Gasteiger partial charge on any atom is 0.330 e. The second kappa shape index (κ2) is 14.8. The number of benzene rings is 3. The maximum atomic E-state index is 13.5. The molecule has 1 aromatic heterocycles. The van der Waals surface area contributed by atoms with Crippen molar-refractivity contribution >= 4 is 16.6 Å². The summed E-state index contributed by atoms with van der Waals surface area (Å²) in [5.74, 6) is 0. The van der Waals surface area contributed by atoms with E-state index in [1.165, 1.54) is 16.8 Å². The Hall–Kier alpha value is -3.43. The van der Waals surface area contributed by atoms with Gasteiger partial charge in [0.25, 0.3) is 5.56 Å². The Morgan fingerprint density at radius 2 is 1.17 bits per heavy atom. The van der Waals surface area contributed by atoms with Crippen molar-refractivity contribution in [3.05, 3.63) is 141 Å². The first-order valence-electron chi connectivity index (χ1n) is 18.0. The predicted octanol–water partition coefficient (Wildman–Crippen LogP) is 7.59. The molecule has 1 saturated heterocycles. The fourth-order valence-electron chi connectivity index (χ4n) is 6.26. The minimum atomic E-state index is -2.61. The van der Waals surface area contributed by atoms with Gasteiger partial charge in [0.1, 0.15) is 23.4 Å². The summed E-state index contributed by atoms with van der Waals surface area (Å²) in [6, 6.07) is 31.3. The number of aromatic amines is 1. The molecule has 0 bridgehead atoms. The lowest BCUT2D eigenvalue weighted by Gasteiger charge is -2.46. The van der Waals surface area contributed by atoms with Gasteiger partial charge in [0.15, 0.2) is 22.9 Å². The van der Waals surface area contributed by atoms with Crippen LogP contribution in [0.1, 0.15) is 64.5 Å². The van der Waals surface area contributed by atoms with Gasteiger partial charge >= 0.3 is 5.69 Å². The van der Waals surface area contributed by atoms with Crippen molar-refractivity contribution in [1.82, 2.24) is 9.55 Å². The molecule has 4 atom stereocenters. The molecule has 5 rings (SSSR count). The molecule has 52 heavy (non-hydrogen) atoms. The molecule has 3 aromatic carbocycles. The highest BCUT2D eigenvalue weighted by Crippen LogP contribution is 2.50. The topological polar surface area (TPSA) is 112 Å². The standard InChI is InChI=1S/C41H56N2O7Si2/c1-38(2,3)51(7,8)49-34-35(50-52(9,10)39(4,5)6)40(28-44,48-36(34)43-27-26-33(45)42-37(43)46)29-47-41(30-20-14-11-15-21-30,31-22-16-12-17-23-31)32-24-18-13-19-25-32/h11-27,34-36,44H,28-29H2,1-10H3,(H,42,45,46)/t34?,35-,36+,40-/m0/s1. The predicted molar refractivity (Wildman–Crippen MR) is 211 cm³/mol. The number of hydrogen-bond acceptors (Lipinski definition) is 7. The lowest BCUT2D eigenvalue weighted by Crippen LogP contribution is -2.60. The highest BCUT2D eigenvalue weighted by atomic mass is 28.4. The van der Waals surface area contributed by atoms with Crippen molar-refractivity contribution in [3.8, 4) is 0 Å². The zero-order valence-electron chi connectivity index (χ0n) is 32.3. The Kier molecular flexibility index (Phi) is 11.3. The first kappa shape index (κ1) is 39.8. The van der Waals surface area contributed by atoms with Crippen LogP contribution in [0.25, 0.3) is 0 Å². The van der Waals surface area contributed by atoms with E-state index in [9.17, 15) is 14.7 Å². The molecule has 1 fully saturated rings. The molecular weight excluding hydrogens is 689 g/mol. The van der Waals surface area contributed by atoms with Crippen LogP contribution in [0.3, 0.4) is 0 Å². The molecule has 1 aliphatic rings. The average molecular weight is 745 g/mol. The quantitative estimate of drug-likeness (QED) is 0.114. The number of nitrogens with zero attached hydrogens (tertiary/aromatic N) is 1. The summed E-state index contributed by atoms with van der Waals surface area (Å²) in [4.78, 5) is 28.1. The summed E-state index contributed by atoms with van der Waals surface area (Å²) in [7, 11) is -5.20. The molecule has 0 radical (unpaired) electrons. The summed E-state index contributed by atoms with van der Waals surface area (Å²) in [5, 5.41) is 11.3. The molecule has 0 saturated carbocycles. The van der Waals surface area contributed by atoms with Gasteiger partial charge in [-0.15, -0.1) is 0 Å². The molecule has 1 unspecified atom stereocenters. The summed E-state index contributed by atoms with van der Waals surface area (Å²) >= 11 is 0. The lowest BCUT2D eigenvalue weighted by molar-refractivity contribution is -0.176. The minimum Gasteiger partial charge on any atom is -0.408 e. The number of aliphatic hydroxyl groups excluding tert-OH is 1. The van der Waals surface area contributed by atoms with Gasteiger partial charge in [-0.1, -0.05) is 133 Å². The van der Waals surface area contributed by atoms with E-state index < -0.39 is 64.1 Å². The summed E-state index contributed by atoms with van der Waals surface area (Å²) in [6.07, 6.45) is -1.33. The van der Waals surface area contributed by atoms with Crippen LogP contribution in [-0.2, 0) is 23.9 Å². The zero-order valence-corrected chi connectivity index (χ0v) is 34.3. The van der Waals surface area contributed by atoms with Crippen LogP contribution in [0.2, 0.25) is 36.3 Å². The van der Waals surface area contributed by atoms with Crippen molar-refractivity contribution in [1.29, 1.82) is 0 Å². The fourth-order valence-corrected chi connectivity index (χ4v) is 8.87. The Morgan fingerprint density at radius 3 is 1.58 bits per heavy atom. The summed E-state index contributed by atoms with van der Waals surface area (Å²) < 4.78 is 30.2. The SMILES string of the molecule is CC(C)(C)[Si](C)(C)OC1[C@H](n2ccc(=O)[nH]c2=O)O[C@@](CO)(COC(c2ccccc2)(c2ccccc2)c2ccccc2)[C@H]1O[Si](C)(C)C(C)(C)C. The first-order valence-corrected chi connectivity index (χ1v) is 23.9. The van der Waals surface area contributed by atoms with E-state index >= 15 is 0 Å². The zero-order chi connectivity index (χ0) is 38.2. The number of aliphatic hydroxyl groups is 1. The smallest absolute Gasteiger partial charge is 0.330 e. The van der Waals surface area contributed by atoms with Gasteiger partial charge in [0.2, 0.25) is 0 Å². The third-order valence-corrected chi connectivity index (χ3v) is 20.3. The fraction of sp³-hybridized carbons (Fsp3) is 0.463. The van der Waals surface area contributed by atoms with Gasteiger partial charge in [-0.25, -0.2) is 4.79 Å². The highest BCUT2D eigenvalue weighted by Gasteiger charge is 2.62. The molecule has 0 amide bonds. The van der Waals surface area contributed by atoms with Crippen molar-refractivity contribution in [2.24, 2.45) is 0 Å². The molecule has 11 heteroatoms. The molecule has 0 aliphatic carbocycles.